The van der Waals surface area contributed by atoms with Gasteiger partial charge in [-0.25, -0.2) is 9.97 Å². The summed E-state index contributed by atoms with van der Waals surface area (Å²) in [5.74, 6) is 2.48. The van der Waals surface area contributed by atoms with Crippen LogP contribution in [0.1, 0.15) is 26.0 Å². The van der Waals surface area contributed by atoms with E-state index < -0.39 is 0 Å². The number of anilines is 1. The molecular weight excluding hydrogens is 377 g/mol. The highest BCUT2D eigenvalue weighted by molar-refractivity contribution is 14.1. The van der Waals surface area contributed by atoms with Crippen molar-refractivity contribution < 1.29 is 4.74 Å². The normalized spacial score (nSPS) is 10.5. The summed E-state index contributed by atoms with van der Waals surface area (Å²) >= 11 is 2.29. The lowest BCUT2D eigenvalue weighted by Crippen LogP contribution is -2.07. The van der Waals surface area contributed by atoms with E-state index in [9.17, 15) is 0 Å². The van der Waals surface area contributed by atoms with Crippen molar-refractivity contribution in [3.63, 3.8) is 0 Å². The van der Waals surface area contributed by atoms with Gasteiger partial charge in [-0.3, -0.25) is 0 Å². The Bertz CT molecular complexity index is 616. The maximum atomic E-state index is 5.54. The third kappa shape index (κ3) is 4.06. The molecule has 1 N–H and O–H groups in total. The van der Waals surface area contributed by atoms with E-state index in [1.165, 1.54) is 0 Å². The van der Waals surface area contributed by atoms with E-state index in [1.807, 2.05) is 38.1 Å². The van der Waals surface area contributed by atoms with Crippen LogP contribution >= 0.6 is 22.6 Å². The van der Waals surface area contributed by atoms with Crippen LogP contribution in [-0.4, -0.2) is 23.1 Å². The first-order chi connectivity index (χ1) is 10.2. The molecule has 5 heteroatoms. The van der Waals surface area contributed by atoms with E-state index in [4.69, 9.17) is 4.74 Å². The summed E-state index contributed by atoms with van der Waals surface area (Å²) in [6, 6.07) is 7.90. The van der Waals surface area contributed by atoms with Gasteiger partial charge in [-0.2, -0.15) is 0 Å². The average Bonchev–Trinajstić information content (AvgIpc) is 2.49. The maximum Gasteiger partial charge on any atom is 0.161 e. The van der Waals surface area contributed by atoms with Gasteiger partial charge in [0.05, 0.1) is 15.9 Å². The van der Waals surface area contributed by atoms with Crippen LogP contribution in [0.4, 0.5) is 5.82 Å². The molecule has 4 nitrogen and oxygen atoms in total. The first kappa shape index (κ1) is 16.0. The Morgan fingerprint density at radius 3 is 2.76 bits per heavy atom. The van der Waals surface area contributed by atoms with E-state index >= 15 is 0 Å². The summed E-state index contributed by atoms with van der Waals surface area (Å²) in [5, 5.41) is 3.36. The largest absolute Gasteiger partial charge is 0.494 e. The van der Waals surface area contributed by atoms with E-state index in [-0.39, 0.29) is 0 Å². The van der Waals surface area contributed by atoms with Crippen molar-refractivity contribution in [2.45, 2.75) is 27.2 Å². The fourth-order valence-electron chi connectivity index (χ4n) is 1.94. The van der Waals surface area contributed by atoms with Crippen molar-refractivity contribution >= 4 is 28.4 Å². The molecule has 0 bridgehead atoms. The standard InChI is InChI=1S/C16H20IN3O/c1-4-9-18-16-14(17)11(3)19-15(20-16)12-7-6-8-13(10-12)21-5-2/h6-8,10H,4-5,9H2,1-3H3,(H,18,19,20). The molecule has 1 aromatic heterocycles. The lowest BCUT2D eigenvalue weighted by Gasteiger charge is -2.11. The van der Waals surface area contributed by atoms with E-state index in [0.717, 1.165) is 45.2 Å². The summed E-state index contributed by atoms with van der Waals surface area (Å²) in [7, 11) is 0. The molecule has 0 spiro atoms. The van der Waals surface area contributed by atoms with Crippen LogP contribution < -0.4 is 10.1 Å². The molecule has 2 rings (SSSR count). The van der Waals surface area contributed by atoms with Crippen LogP contribution in [0.15, 0.2) is 24.3 Å². The zero-order valence-electron chi connectivity index (χ0n) is 12.6. The minimum absolute atomic E-state index is 0.652. The Hall–Kier alpha value is -1.37. The highest BCUT2D eigenvalue weighted by Crippen LogP contribution is 2.26. The van der Waals surface area contributed by atoms with Gasteiger partial charge >= 0.3 is 0 Å². The second-order valence-electron chi connectivity index (χ2n) is 4.68. The van der Waals surface area contributed by atoms with Gasteiger partial charge in [-0.15, -0.1) is 0 Å². The topological polar surface area (TPSA) is 47.0 Å². The minimum atomic E-state index is 0.652. The molecule has 112 valence electrons. The van der Waals surface area contributed by atoms with Crippen LogP contribution in [0.25, 0.3) is 11.4 Å². The number of hydrogen-bond donors (Lipinski definition) is 1. The number of benzene rings is 1. The van der Waals surface area contributed by atoms with E-state index in [2.05, 4.69) is 44.8 Å². The predicted molar refractivity (Wildman–Crippen MR) is 94.9 cm³/mol. The molecule has 0 radical (unpaired) electrons. The molecule has 0 aliphatic rings. The highest BCUT2D eigenvalue weighted by atomic mass is 127. The molecule has 0 amide bonds. The highest BCUT2D eigenvalue weighted by Gasteiger charge is 2.11. The van der Waals surface area contributed by atoms with Crippen LogP contribution in [-0.2, 0) is 0 Å². The second-order valence-corrected chi connectivity index (χ2v) is 5.76. The molecule has 0 fully saturated rings. The van der Waals surface area contributed by atoms with Crippen LogP contribution in [0.3, 0.4) is 0 Å². The zero-order chi connectivity index (χ0) is 15.2. The maximum absolute atomic E-state index is 5.54. The predicted octanol–water partition coefficient (Wildman–Crippen LogP) is 4.28. The van der Waals surface area contributed by atoms with Crippen LogP contribution in [0, 0.1) is 10.5 Å². The number of aromatic nitrogens is 2. The molecule has 0 saturated heterocycles. The number of nitrogens with one attached hydrogen (secondary N) is 1. The third-order valence-corrected chi connectivity index (χ3v) is 4.25. The van der Waals surface area contributed by atoms with Crippen molar-refractivity contribution in [3.05, 3.63) is 33.5 Å². The Kier molecular flexibility index (Phi) is 5.78. The Morgan fingerprint density at radius 1 is 1.24 bits per heavy atom. The van der Waals surface area contributed by atoms with Gasteiger partial charge in [0, 0.05) is 12.1 Å². The lowest BCUT2D eigenvalue weighted by atomic mass is 10.2. The number of nitrogens with zero attached hydrogens (tertiary/aromatic N) is 2. The molecule has 1 heterocycles. The van der Waals surface area contributed by atoms with E-state index in [1.54, 1.807) is 0 Å². The quantitative estimate of drug-likeness (QED) is 0.740. The minimum Gasteiger partial charge on any atom is -0.494 e. The van der Waals surface area contributed by atoms with Crippen molar-refractivity contribution in [1.82, 2.24) is 9.97 Å². The van der Waals surface area contributed by atoms with Gasteiger partial charge in [-0.1, -0.05) is 19.1 Å². The van der Waals surface area contributed by atoms with Crippen molar-refractivity contribution in [3.8, 4) is 17.1 Å². The molecule has 21 heavy (non-hydrogen) atoms. The van der Waals surface area contributed by atoms with Gasteiger partial charge < -0.3 is 10.1 Å². The number of aryl methyl sites for hydroxylation is 1. The lowest BCUT2D eigenvalue weighted by molar-refractivity contribution is 0.340. The van der Waals surface area contributed by atoms with Crippen molar-refractivity contribution in [2.24, 2.45) is 0 Å². The Balaban J connectivity index is 2.39. The SMILES string of the molecule is CCCNc1nc(-c2cccc(OCC)c2)nc(C)c1I. The summed E-state index contributed by atoms with van der Waals surface area (Å²) in [5.41, 5.74) is 1.96. The van der Waals surface area contributed by atoms with Gasteiger partial charge in [0.2, 0.25) is 0 Å². The Labute approximate surface area is 139 Å². The number of hydrogen-bond acceptors (Lipinski definition) is 4. The Morgan fingerprint density at radius 2 is 2.05 bits per heavy atom. The first-order valence-corrected chi connectivity index (χ1v) is 8.24. The second kappa shape index (κ2) is 7.59. The van der Waals surface area contributed by atoms with Gasteiger partial charge in [0.25, 0.3) is 0 Å². The molecule has 0 saturated carbocycles. The summed E-state index contributed by atoms with van der Waals surface area (Å²) in [6.07, 6.45) is 1.06. The molecule has 0 aliphatic heterocycles. The van der Waals surface area contributed by atoms with Gasteiger partial charge in [0.15, 0.2) is 5.82 Å². The van der Waals surface area contributed by atoms with Gasteiger partial charge in [0.1, 0.15) is 11.6 Å². The molecule has 0 atom stereocenters. The average molecular weight is 397 g/mol. The molecule has 2 aromatic rings. The van der Waals surface area contributed by atoms with Gasteiger partial charge in [-0.05, 0) is 55.0 Å². The summed E-state index contributed by atoms with van der Waals surface area (Å²) in [4.78, 5) is 9.26. The summed E-state index contributed by atoms with van der Waals surface area (Å²) in [6.45, 7) is 7.69. The number of ether oxygens (including phenoxy) is 1. The molecular formula is C16H20IN3O. The third-order valence-electron chi connectivity index (χ3n) is 2.96. The monoisotopic (exact) mass is 397 g/mol. The first-order valence-electron chi connectivity index (χ1n) is 7.17. The zero-order valence-corrected chi connectivity index (χ0v) is 14.8. The van der Waals surface area contributed by atoms with E-state index in [0.29, 0.717) is 6.61 Å². The van der Waals surface area contributed by atoms with Crippen LogP contribution in [0.2, 0.25) is 0 Å². The molecule has 0 aliphatic carbocycles. The summed E-state index contributed by atoms with van der Waals surface area (Å²) < 4.78 is 6.62. The number of rotatable bonds is 6. The fraction of sp³-hybridized carbons (Fsp3) is 0.375. The molecule has 0 unspecified atom stereocenters. The number of halogens is 1. The smallest absolute Gasteiger partial charge is 0.161 e. The van der Waals surface area contributed by atoms with Crippen molar-refractivity contribution in [2.75, 3.05) is 18.5 Å². The van der Waals surface area contributed by atoms with Crippen LogP contribution in [0.5, 0.6) is 5.75 Å². The van der Waals surface area contributed by atoms with Crippen molar-refractivity contribution in [1.29, 1.82) is 0 Å². The fourth-order valence-corrected chi connectivity index (χ4v) is 2.37. The molecule has 1 aromatic carbocycles.